The van der Waals surface area contributed by atoms with E-state index in [1.54, 1.807) is 29.8 Å². The predicted molar refractivity (Wildman–Crippen MR) is 119 cm³/mol. The molecule has 2 atom stereocenters. The smallest absolute Gasteiger partial charge is 0.252 e. The summed E-state index contributed by atoms with van der Waals surface area (Å²) in [5.74, 6) is -0.228. The number of aryl methyl sites for hydroxylation is 1. The molecular formula is C24H24FN5O. The van der Waals surface area contributed by atoms with Crippen molar-refractivity contribution in [3.63, 3.8) is 0 Å². The van der Waals surface area contributed by atoms with Gasteiger partial charge in [0.25, 0.3) is 5.56 Å². The number of aromatic nitrogens is 2. The Hall–Kier alpha value is -3.40. The third-order valence-corrected chi connectivity index (χ3v) is 7.33. The van der Waals surface area contributed by atoms with Gasteiger partial charge < -0.3 is 14.4 Å². The number of rotatable bonds is 2. The summed E-state index contributed by atoms with van der Waals surface area (Å²) < 4.78 is 14.9. The van der Waals surface area contributed by atoms with Gasteiger partial charge in [0.05, 0.1) is 11.2 Å². The molecule has 2 aromatic heterocycles. The second-order valence-electron chi connectivity index (χ2n) is 9.41. The first-order chi connectivity index (χ1) is 14.7. The fourth-order valence-corrected chi connectivity index (χ4v) is 5.28. The number of benzene rings is 1. The number of nitriles is 1. The van der Waals surface area contributed by atoms with Crippen molar-refractivity contribution in [1.82, 2.24) is 9.55 Å². The van der Waals surface area contributed by atoms with E-state index in [-0.39, 0.29) is 22.2 Å². The highest BCUT2D eigenvalue weighted by Crippen LogP contribution is 2.53. The number of hydrogen-bond acceptors (Lipinski definition) is 5. The maximum atomic E-state index is 13.4. The van der Waals surface area contributed by atoms with Crippen LogP contribution in [0.2, 0.25) is 0 Å². The molecular weight excluding hydrogens is 393 g/mol. The van der Waals surface area contributed by atoms with E-state index in [0.29, 0.717) is 11.2 Å². The molecule has 0 aliphatic carbocycles. The van der Waals surface area contributed by atoms with Crippen molar-refractivity contribution < 1.29 is 4.39 Å². The fourth-order valence-electron chi connectivity index (χ4n) is 5.28. The Balaban J connectivity index is 1.52. The van der Waals surface area contributed by atoms with Crippen LogP contribution in [0.1, 0.15) is 19.5 Å². The maximum Gasteiger partial charge on any atom is 0.252 e. The molecule has 0 radical (unpaired) electrons. The summed E-state index contributed by atoms with van der Waals surface area (Å²) in [5, 5.41) is 9.32. The topological polar surface area (TPSA) is 65.2 Å². The van der Waals surface area contributed by atoms with Gasteiger partial charge in [-0.3, -0.25) is 4.79 Å². The Morgan fingerprint density at radius 2 is 1.61 bits per heavy atom. The highest BCUT2D eigenvalue weighted by atomic mass is 19.1. The largest absolute Gasteiger partial charge is 0.370 e. The molecule has 0 bridgehead atoms. The lowest BCUT2D eigenvalue weighted by Gasteiger charge is -2.30. The summed E-state index contributed by atoms with van der Waals surface area (Å²) in [6, 6.07) is 13.9. The van der Waals surface area contributed by atoms with Gasteiger partial charge in [-0.2, -0.15) is 5.26 Å². The number of hydrogen-bond donors (Lipinski definition) is 0. The van der Waals surface area contributed by atoms with Crippen LogP contribution in [0.25, 0.3) is 11.0 Å². The van der Waals surface area contributed by atoms with Crippen molar-refractivity contribution in [1.29, 1.82) is 5.26 Å². The van der Waals surface area contributed by atoms with Crippen LogP contribution >= 0.6 is 0 Å². The fraction of sp³-hybridized carbons (Fsp3) is 0.375. The van der Waals surface area contributed by atoms with E-state index in [1.807, 2.05) is 12.1 Å². The third-order valence-electron chi connectivity index (χ3n) is 7.33. The molecule has 0 saturated carbocycles. The molecule has 0 unspecified atom stereocenters. The number of anilines is 2. The van der Waals surface area contributed by atoms with Gasteiger partial charge in [-0.25, -0.2) is 9.37 Å². The van der Waals surface area contributed by atoms with Crippen LogP contribution in [-0.2, 0) is 7.05 Å². The van der Waals surface area contributed by atoms with Crippen LogP contribution in [0.5, 0.6) is 0 Å². The predicted octanol–water partition coefficient (Wildman–Crippen LogP) is 3.30. The second kappa shape index (κ2) is 6.55. The summed E-state index contributed by atoms with van der Waals surface area (Å²) in [7, 11) is 1.73. The van der Waals surface area contributed by atoms with Crippen LogP contribution < -0.4 is 15.4 Å². The van der Waals surface area contributed by atoms with Gasteiger partial charge in [0, 0.05) is 55.8 Å². The number of fused-ring (bicyclic) bond motifs is 2. The molecule has 2 saturated heterocycles. The lowest BCUT2D eigenvalue weighted by atomic mass is 9.71. The lowest BCUT2D eigenvalue weighted by molar-refractivity contribution is 0.212. The molecule has 4 heterocycles. The first-order valence-electron chi connectivity index (χ1n) is 10.4. The van der Waals surface area contributed by atoms with E-state index in [9.17, 15) is 14.4 Å². The average Bonchev–Trinajstić information content (AvgIpc) is 3.14. The van der Waals surface area contributed by atoms with E-state index in [1.165, 1.54) is 12.1 Å². The van der Waals surface area contributed by atoms with Crippen LogP contribution in [0, 0.1) is 28.0 Å². The van der Waals surface area contributed by atoms with Gasteiger partial charge in [0.15, 0.2) is 0 Å². The quantitative estimate of drug-likeness (QED) is 0.640. The van der Waals surface area contributed by atoms with E-state index in [2.05, 4.69) is 34.7 Å². The summed E-state index contributed by atoms with van der Waals surface area (Å²) in [5.41, 5.74) is 3.46. The zero-order valence-corrected chi connectivity index (χ0v) is 17.9. The molecule has 1 aromatic carbocycles. The van der Waals surface area contributed by atoms with E-state index in [0.717, 1.165) is 43.1 Å². The van der Waals surface area contributed by atoms with Crippen molar-refractivity contribution >= 4 is 22.4 Å². The minimum atomic E-state index is -0.228. The van der Waals surface area contributed by atoms with E-state index in [4.69, 9.17) is 0 Å². The Labute approximate surface area is 180 Å². The molecule has 0 N–H and O–H groups in total. The number of halogens is 1. The van der Waals surface area contributed by atoms with Crippen LogP contribution in [-0.4, -0.2) is 35.7 Å². The average molecular weight is 417 g/mol. The SMILES string of the molecule is Cn1c(=O)cc(N2C[C@]3(C)CN(c4ccc(F)cc4)C[C@]3(C)C2)c2nc(C#N)ccc21. The molecule has 158 valence electrons. The molecule has 6 nitrogen and oxygen atoms in total. The first kappa shape index (κ1) is 19.6. The first-order valence-corrected chi connectivity index (χ1v) is 10.4. The standard InChI is InChI=1S/C24H24FN5O/c1-23-12-29(18-7-4-16(25)5-8-18)13-24(23,2)15-30(14-23)20-10-21(31)28(3)19-9-6-17(11-26)27-22(19)20/h4-10H,12-15H2,1-3H3/t23-,24+. The third kappa shape index (κ3) is 2.89. The minimum Gasteiger partial charge on any atom is -0.370 e. The second-order valence-corrected chi connectivity index (χ2v) is 9.41. The van der Waals surface area contributed by atoms with Crippen LogP contribution in [0.3, 0.4) is 0 Å². The summed E-state index contributed by atoms with van der Waals surface area (Å²) in [4.78, 5) is 21.8. The highest BCUT2D eigenvalue weighted by molar-refractivity contribution is 5.89. The molecule has 0 amide bonds. The summed E-state index contributed by atoms with van der Waals surface area (Å²) >= 11 is 0. The molecule has 5 rings (SSSR count). The molecule has 2 aliphatic heterocycles. The zero-order valence-electron chi connectivity index (χ0n) is 17.9. The van der Waals surface area contributed by atoms with Crippen molar-refractivity contribution in [2.24, 2.45) is 17.9 Å². The van der Waals surface area contributed by atoms with Gasteiger partial charge in [0.1, 0.15) is 23.1 Å². The van der Waals surface area contributed by atoms with Gasteiger partial charge >= 0.3 is 0 Å². The van der Waals surface area contributed by atoms with Gasteiger partial charge in [-0.05, 0) is 36.4 Å². The van der Waals surface area contributed by atoms with Gasteiger partial charge in [0.2, 0.25) is 0 Å². The lowest BCUT2D eigenvalue weighted by Crippen LogP contribution is -2.34. The van der Waals surface area contributed by atoms with Crippen molar-refractivity contribution in [3.05, 3.63) is 64.3 Å². The molecule has 7 heteroatoms. The minimum absolute atomic E-state index is 0.0123. The van der Waals surface area contributed by atoms with E-state index < -0.39 is 0 Å². The summed E-state index contributed by atoms with van der Waals surface area (Å²) in [6.07, 6.45) is 0. The van der Waals surface area contributed by atoms with Gasteiger partial charge in [-0.1, -0.05) is 13.8 Å². The zero-order chi connectivity index (χ0) is 22.0. The van der Waals surface area contributed by atoms with Crippen LogP contribution in [0.15, 0.2) is 47.3 Å². The molecule has 31 heavy (non-hydrogen) atoms. The maximum absolute atomic E-state index is 13.4. The Bertz CT molecular complexity index is 1270. The molecule has 2 fully saturated rings. The van der Waals surface area contributed by atoms with Gasteiger partial charge in [-0.15, -0.1) is 0 Å². The Kier molecular flexibility index (Phi) is 4.13. The van der Waals surface area contributed by atoms with E-state index >= 15 is 0 Å². The summed E-state index contributed by atoms with van der Waals surface area (Å²) in [6.45, 7) is 7.84. The monoisotopic (exact) mass is 417 g/mol. The van der Waals surface area contributed by atoms with Crippen molar-refractivity contribution in [2.75, 3.05) is 36.0 Å². The van der Waals surface area contributed by atoms with Crippen LogP contribution in [0.4, 0.5) is 15.8 Å². The number of pyridine rings is 2. The Morgan fingerprint density at radius 3 is 2.23 bits per heavy atom. The van der Waals surface area contributed by atoms with Crippen molar-refractivity contribution in [2.45, 2.75) is 13.8 Å². The van der Waals surface area contributed by atoms with Crippen molar-refractivity contribution in [3.8, 4) is 6.07 Å². The molecule has 3 aromatic rings. The Morgan fingerprint density at radius 1 is 1.00 bits per heavy atom. The molecule has 2 aliphatic rings. The molecule has 0 spiro atoms. The highest BCUT2D eigenvalue weighted by Gasteiger charge is 2.57. The normalized spacial score (nSPS) is 25.1. The number of nitrogens with zero attached hydrogens (tertiary/aromatic N) is 5.